The van der Waals surface area contributed by atoms with Crippen LogP contribution in [-0.4, -0.2) is 26.4 Å². The molecule has 0 unspecified atom stereocenters. The molecular weight excluding hydrogens is 468 g/mol. The van der Waals surface area contributed by atoms with Crippen LogP contribution in [0.3, 0.4) is 0 Å². The van der Waals surface area contributed by atoms with Gasteiger partial charge in [0.2, 0.25) is 5.91 Å². The van der Waals surface area contributed by atoms with Crippen LogP contribution in [-0.2, 0) is 16.8 Å². The van der Waals surface area contributed by atoms with Crippen LogP contribution in [0.4, 0.5) is 5.69 Å². The smallest absolute Gasteiger partial charge is 0.234 e. The minimum Gasteiger partial charge on any atom is -0.467 e. The van der Waals surface area contributed by atoms with Crippen LogP contribution in [0.2, 0.25) is 0 Å². The third-order valence-electron chi connectivity index (χ3n) is 6.33. The summed E-state index contributed by atoms with van der Waals surface area (Å²) in [7, 11) is 0. The number of hydrogen-bond donors (Lipinski definition) is 1. The van der Waals surface area contributed by atoms with Crippen molar-refractivity contribution in [2.75, 3.05) is 11.1 Å². The van der Waals surface area contributed by atoms with Gasteiger partial charge in [0.05, 0.1) is 18.6 Å². The average Bonchev–Trinajstić information content (AvgIpc) is 3.53. The summed E-state index contributed by atoms with van der Waals surface area (Å²) >= 11 is 1.37. The van der Waals surface area contributed by atoms with Crippen molar-refractivity contribution in [2.24, 2.45) is 0 Å². The number of anilines is 1. The number of furan rings is 1. The molecule has 0 spiro atoms. The Morgan fingerprint density at radius 1 is 1.06 bits per heavy atom. The lowest BCUT2D eigenvalue weighted by Crippen LogP contribution is -2.15. The van der Waals surface area contributed by atoms with Gasteiger partial charge in [-0.25, -0.2) is 0 Å². The van der Waals surface area contributed by atoms with Crippen LogP contribution in [0, 0.1) is 0 Å². The van der Waals surface area contributed by atoms with E-state index in [0.29, 0.717) is 17.6 Å². The molecule has 0 saturated carbocycles. The number of nitrogens with zero attached hydrogens (tertiary/aromatic N) is 3. The highest BCUT2D eigenvalue weighted by molar-refractivity contribution is 7.99. The highest BCUT2D eigenvalue weighted by Gasteiger charge is 2.19. The molecule has 7 heteroatoms. The summed E-state index contributed by atoms with van der Waals surface area (Å²) in [6.45, 7) is 11.5. The molecule has 0 aliphatic carbocycles. The van der Waals surface area contributed by atoms with Crippen LogP contribution < -0.4 is 5.32 Å². The molecule has 0 saturated heterocycles. The standard InChI is InChI=1S/C29H34N4O2S/c1-6-20(2)21-11-15-24(16-12-21)30-26(34)19-36-28-32-31-27(33(28)18-25-8-7-17-35-25)22-9-13-23(14-10-22)29(3,4)5/h7-17,20H,6,18-19H2,1-5H3,(H,30,34)/t20-/m0/s1. The summed E-state index contributed by atoms with van der Waals surface area (Å²) in [6, 6.07) is 20.3. The van der Waals surface area contributed by atoms with Crippen LogP contribution in [0.5, 0.6) is 0 Å². The molecule has 4 aromatic rings. The van der Waals surface area contributed by atoms with E-state index in [0.717, 1.165) is 29.3 Å². The second-order valence-corrected chi connectivity index (χ2v) is 11.0. The Kier molecular flexibility index (Phi) is 7.99. The number of nitrogens with one attached hydrogen (secondary N) is 1. The first kappa shape index (κ1) is 25.8. The van der Waals surface area contributed by atoms with Gasteiger partial charge >= 0.3 is 0 Å². The zero-order chi connectivity index (χ0) is 25.7. The first-order chi connectivity index (χ1) is 17.2. The third-order valence-corrected chi connectivity index (χ3v) is 7.29. The summed E-state index contributed by atoms with van der Waals surface area (Å²) < 4.78 is 7.59. The van der Waals surface area contributed by atoms with Crippen LogP contribution in [0.1, 0.15) is 63.8 Å². The van der Waals surface area contributed by atoms with Gasteiger partial charge in [-0.15, -0.1) is 10.2 Å². The van der Waals surface area contributed by atoms with Gasteiger partial charge in [-0.2, -0.15) is 0 Å². The second-order valence-electron chi connectivity index (χ2n) is 10.1. The maximum absolute atomic E-state index is 12.7. The largest absolute Gasteiger partial charge is 0.467 e. The van der Waals surface area contributed by atoms with Crippen molar-refractivity contribution >= 4 is 23.4 Å². The molecule has 0 aliphatic heterocycles. The number of thioether (sulfide) groups is 1. The number of benzene rings is 2. The maximum atomic E-state index is 12.7. The number of rotatable bonds is 9. The average molecular weight is 503 g/mol. The van der Waals surface area contributed by atoms with Crippen molar-refractivity contribution in [3.05, 3.63) is 83.8 Å². The lowest BCUT2D eigenvalue weighted by atomic mass is 9.87. The normalized spacial score (nSPS) is 12.5. The van der Waals surface area contributed by atoms with Crippen molar-refractivity contribution in [3.63, 3.8) is 0 Å². The van der Waals surface area contributed by atoms with Gasteiger partial charge in [0, 0.05) is 11.3 Å². The number of carbonyl (C=O) groups is 1. The second kappa shape index (κ2) is 11.2. The minimum absolute atomic E-state index is 0.0727. The monoisotopic (exact) mass is 502 g/mol. The van der Waals surface area contributed by atoms with E-state index in [1.54, 1.807) is 6.26 Å². The van der Waals surface area contributed by atoms with Gasteiger partial charge in [-0.1, -0.05) is 82.8 Å². The molecular formula is C29H34N4O2S. The Hall–Kier alpha value is -3.32. The Bertz CT molecular complexity index is 1270. The van der Waals surface area contributed by atoms with E-state index in [-0.39, 0.29) is 17.1 Å². The Morgan fingerprint density at radius 3 is 2.39 bits per heavy atom. The lowest BCUT2D eigenvalue weighted by Gasteiger charge is -2.19. The number of aromatic nitrogens is 3. The molecule has 0 radical (unpaired) electrons. The molecule has 1 atom stereocenters. The molecule has 2 aromatic heterocycles. The van der Waals surface area contributed by atoms with Gasteiger partial charge in [0.25, 0.3) is 0 Å². The van der Waals surface area contributed by atoms with Crippen molar-refractivity contribution in [3.8, 4) is 11.4 Å². The predicted octanol–water partition coefficient (Wildman–Crippen LogP) is 7.13. The summed E-state index contributed by atoms with van der Waals surface area (Å²) in [5.41, 5.74) is 4.37. The van der Waals surface area contributed by atoms with Crippen LogP contribution >= 0.6 is 11.8 Å². The molecule has 188 valence electrons. The summed E-state index contributed by atoms with van der Waals surface area (Å²) in [6.07, 6.45) is 2.74. The van der Waals surface area contributed by atoms with E-state index in [1.807, 2.05) is 28.8 Å². The molecule has 1 amide bonds. The fraction of sp³-hybridized carbons (Fsp3) is 0.345. The van der Waals surface area contributed by atoms with Crippen molar-refractivity contribution in [2.45, 2.75) is 64.1 Å². The zero-order valence-electron chi connectivity index (χ0n) is 21.6. The maximum Gasteiger partial charge on any atom is 0.234 e. The summed E-state index contributed by atoms with van der Waals surface area (Å²) in [5, 5.41) is 12.5. The Morgan fingerprint density at radius 2 is 1.78 bits per heavy atom. The Labute approximate surface area is 217 Å². The minimum atomic E-state index is -0.0834. The number of carbonyl (C=O) groups excluding carboxylic acids is 1. The first-order valence-corrected chi connectivity index (χ1v) is 13.3. The highest BCUT2D eigenvalue weighted by Crippen LogP contribution is 2.29. The first-order valence-electron chi connectivity index (χ1n) is 12.3. The zero-order valence-corrected chi connectivity index (χ0v) is 22.4. The SMILES string of the molecule is CC[C@H](C)c1ccc(NC(=O)CSc2nnc(-c3ccc(C(C)(C)C)cc3)n2Cc2ccco2)cc1. The topological polar surface area (TPSA) is 73.0 Å². The molecule has 4 rings (SSSR count). The van der Waals surface area contributed by atoms with Crippen molar-refractivity contribution in [1.29, 1.82) is 0 Å². The van der Waals surface area contributed by atoms with E-state index < -0.39 is 0 Å². The molecule has 0 fully saturated rings. The van der Waals surface area contributed by atoms with Crippen molar-refractivity contribution in [1.82, 2.24) is 14.8 Å². The number of hydrogen-bond acceptors (Lipinski definition) is 5. The van der Waals surface area contributed by atoms with Crippen LogP contribution in [0.15, 0.2) is 76.5 Å². The Balaban J connectivity index is 1.49. The van der Waals surface area contributed by atoms with Gasteiger partial charge in [0.15, 0.2) is 11.0 Å². The van der Waals surface area contributed by atoms with E-state index in [9.17, 15) is 4.79 Å². The van der Waals surface area contributed by atoms with Gasteiger partial charge < -0.3 is 9.73 Å². The van der Waals surface area contributed by atoms with Gasteiger partial charge in [-0.05, 0) is 53.1 Å². The molecule has 2 aromatic carbocycles. The van der Waals surface area contributed by atoms with E-state index >= 15 is 0 Å². The number of amides is 1. The summed E-state index contributed by atoms with van der Waals surface area (Å²) in [5.74, 6) is 2.20. The van der Waals surface area contributed by atoms with E-state index in [4.69, 9.17) is 4.42 Å². The fourth-order valence-corrected chi connectivity index (χ4v) is 4.62. The van der Waals surface area contributed by atoms with Gasteiger partial charge in [0.1, 0.15) is 5.76 Å². The lowest BCUT2D eigenvalue weighted by molar-refractivity contribution is -0.113. The summed E-state index contributed by atoms with van der Waals surface area (Å²) in [4.78, 5) is 12.7. The van der Waals surface area contributed by atoms with E-state index in [2.05, 4.69) is 86.5 Å². The quantitative estimate of drug-likeness (QED) is 0.247. The molecule has 1 N–H and O–H groups in total. The molecule has 0 aliphatic rings. The molecule has 2 heterocycles. The molecule has 6 nitrogen and oxygen atoms in total. The third kappa shape index (κ3) is 6.26. The fourth-order valence-electron chi connectivity index (χ4n) is 3.89. The van der Waals surface area contributed by atoms with Gasteiger partial charge in [-0.3, -0.25) is 9.36 Å². The highest BCUT2D eigenvalue weighted by atomic mass is 32.2. The van der Waals surface area contributed by atoms with E-state index in [1.165, 1.54) is 22.9 Å². The molecule has 36 heavy (non-hydrogen) atoms. The van der Waals surface area contributed by atoms with Crippen molar-refractivity contribution < 1.29 is 9.21 Å². The predicted molar refractivity (Wildman–Crippen MR) is 146 cm³/mol. The molecule has 0 bridgehead atoms. The van der Waals surface area contributed by atoms with Crippen LogP contribution in [0.25, 0.3) is 11.4 Å².